The molecule has 0 saturated carbocycles. The van der Waals surface area contributed by atoms with Crippen LogP contribution in [0.3, 0.4) is 0 Å². The standard InChI is InChI=1S/C16H13ClF3N3O2/c17-12-3-1-11(2-4-12)10-25-23-8-7-22-15(24)13-9-21-6-5-14(13)16(18,19)20/h1-6,8-9H,7,10H2,(H,22,24). The number of oxime groups is 1. The molecule has 0 aliphatic carbocycles. The van der Waals surface area contributed by atoms with Crippen molar-refractivity contribution in [3.8, 4) is 0 Å². The van der Waals surface area contributed by atoms with Crippen LogP contribution >= 0.6 is 11.6 Å². The lowest BCUT2D eigenvalue weighted by molar-refractivity contribution is -0.138. The lowest BCUT2D eigenvalue weighted by Crippen LogP contribution is -2.28. The summed E-state index contributed by atoms with van der Waals surface area (Å²) in [5.74, 6) is -0.899. The highest BCUT2D eigenvalue weighted by Gasteiger charge is 2.35. The van der Waals surface area contributed by atoms with E-state index in [2.05, 4.69) is 15.5 Å². The molecule has 2 aromatic rings. The zero-order chi connectivity index (χ0) is 18.3. The fraction of sp³-hybridized carbons (Fsp3) is 0.188. The maximum Gasteiger partial charge on any atom is 0.417 e. The summed E-state index contributed by atoms with van der Waals surface area (Å²) in [6.45, 7) is 0.105. The van der Waals surface area contributed by atoms with Gasteiger partial charge < -0.3 is 10.2 Å². The Hall–Kier alpha value is -2.61. The summed E-state index contributed by atoms with van der Waals surface area (Å²) in [5.41, 5.74) is -0.753. The molecule has 1 N–H and O–H groups in total. The second-order valence-corrected chi connectivity index (χ2v) is 5.25. The van der Waals surface area contributed by atoms with E-state index in [1.807, 2.05) is 0 Å². The number of carbonyl (C=O) groups is 1. The van der Waals surface area contributed by atoms with Gasteiger partial charge >= 0.3 is 6.18 Å². The van der Waals surface area contributed by atoms with Gasteiger partial charge in [0.25, 0.3) is 5.91 Å². The molecule has 0 bridgehead atoms. The first-order valence-corrected chi connectivity index (χ1v) is 7.43. The van der Waals surface area contributed by atoms with E-state index in [-0.39, 0.29) is 13.2 Å². The third kappa shape index (κ3) is 5.75. The van der Waals surface area contributed by atoms with Gasteiger partial charge in [0.1, 0.15) is 6.61 Å². The molecular weight excluding hydrogens is 359 g/mol. The summed E-state index contributed by atoms with van der Waals surface area (Å²) in [4.78, 5) is 20.4. The van der Waals surface area contributed by atoms with E-state index in [1.54, 1.807) is 24.3 Å². The number of nitrogens with zero attached hydrogens (tertiary/aromatic N) is 2. The molecule has 1 amide bonds. The molecule has 0 unspecified atom stereocenters. The van der Waals surface area contributed by atoms with Gasteiger partial charge in [0.15, 0.2) is 0 Å². The molecule has 0 atom stereocenters. The van der Waals surface area contributed by atoms with Crippen LogP contribution in [0.4, 0.5) is 13.2 Å². The Morgan fingerprint density at radius 2 is 2.00 bits per heavy atom. The molecule has 0 fully saturated rings. The molecule has 25 heavy (non-hydrogen) atoms. The molecule has 1 aromatic carbocycles. The Morgan fingerprint density at radius 3 is 2.68 bits per heavy atom. The number of hydrogen-bond donors (Lipinski definition) is 1. The minimum atomic E-state index is -4.63. The van der Waals surface area contributed by atoms with Crippen LogP contribution in [-0.4, -0.2) is 23.7 Å². The van der Waals surface area contributed by atoms with E-state index in [4.69, 9.17) is 16.4 Å². The molecule has 0 radical (unpaired) electrons. The Bertz CT molecular complexity index is 749. The molecule has 1 heterocycles. The van der Waals surface area contributed by atoms with Crippen LogP contribution in [0.25, 0.3) is 0 Å². The maximum atomic E-state index is 12.8. The van der Waals surface area contributed by atoms with Crippen molar-refractivity contribution in [1.29, 1.82) is 0 Å². The zero-order valence-electron chi connectivity index (χ0n) is 12.8. The van der Waals surface area contributed by atoms with Crippen LogP contribution in [0.15, 0.2) is 47.9 Å². The van der Waals surface area contributed by atoms with Crippen LogP contribution in [0.1, 0.15) is 21.5 Å². The summed E-state index contributed by atoms with van der Waals surface area (Å²) < 4.78 is 38.5. The summed E-state index contributed by atoms with van der Waals surface area (Å²) in [6.07, 6.45) is -1.55. The molecular formula is C16H13ClF3N3O2. The first kappa shape index (κ1) is 18.7. The highest BCUT2D eigenvalue weighted by atomic mass is 35.5. The maximum absolute atomic E-state index is 12.8. The normalized spacial score (nSPS) is 11.5. The summed E-state index contributed by atoms with van der Waals surface area (Å²) in [5, 5.41) is 6.51. The van der Waals surface area contributed by atoms with Crippen LogP contribution in [0.2, 0.25) is 5.02 Å². The predicted molar refractivity (Wildman–Crippen MR) is 86.3 cm³/mol. The number of amides is 1. The number of aromatic nitrogens is 1. The van der Waals surface area contributed by atoms with Gasteiger partial charge in [0.05, 0.1) is 23.9 Å². The topological polar surface area (TPSA) is 63.6 Å². The zero-order valence-corrected chi connectivity index (χ0v) is 13.5. The van der Waals surface area contributed by atoms with Gasteiger partial charge in [-0.05, 0) is 23.8 Å². The van der Waals surface area contributed by atoms with Crippen molar-refractivity contribution >= 4 is 23.7 Å². The molecule has 0 saturated heterocycles. The van der Waals surface area contributed by atoms with Crippen molar-refractivity contribution in [2.75, 3.05) is 6.54 Å². The van der Waals surface area contributed by atoms with Gasteiger partial charge in [-0.1, -0.05) is 28.9 Å². The smallest absolute Gasteiger partial charge is 0.391 e. The largest absolute Gasteiger partial charge is 0.417 e. The van der Waals surface area contributed by atoms with Crippen LogP contribution in [0, 0.1) is 0 Å². The summed E-state index contributed by atoms with van der Waals surface area (Å²) >= 11 is 5.75. The fourth-order valence-electron chi connectivity index (χ4n) is 1.84. The first-order valence-electron chi connectivity index (χ1n) is 7.05. The number of carbonyl (C=O) groups excluding carboxylic acids is 1. The fourth-order valence-corrected chi connectivity index (χ4v) is 1.96. The number of benzene rings is 1. The van der Waals surface area contributed by atoms with E-state index in [1.165, 1.54) is 6.21 Å². The average Bonchev–Trinajstić information content (AvgIpc) is 2.58. The van der Waals surface area contributed by atoms with Gasteiger partial charge in [0.2, 0.25) is 0 Å². The lowest BCUT2D eigenvalue weighted by Gasteiger charge is -2.11. The SMILES string of the molecule is O=C(NCC=NOCc1ccc(Cl)cc1)c1cnccc1C(F)(F)F. The summed E-state index contributed by atoms with van der Waals surface area (Å²) in [6, 6.07) is 7.69. The minimum absolute atomic E-state index is 0.0916. The lowest BCUT2D eigenvalue weighted by atomic mass is 10.1. The van der Waals surface area contributed by atoms with Crippen molar-refractivity contribution in [3.05, 3.63) is 64.4 Å². The Morgan fingerprint density at radius 1 is 1.28 bits per heavy atom. The second-order valence-electron chi connectivity index (χ2n) is 4.82. The predicted octanol–water partition coefficient (Wildman–Crippen LogP) is 3.69. The van der Waals surface area contributed by atoms with Gasteiger partial charge in [-0.15, -0.1) is 0 Å². The van der Waals surface area contributed by atoms with E-state index in [0.29, 0.717) is 5.02 Å². The molecule has 132 valence electrons. The highest BCUT2D eigenvalue weighted by Crippen LogP contribution is 2.31. The Balaban J connectivity index is 1.82. The van der Waals surface area contributed by atoms with Crippen molar-refractivity contribution in [2.45, 2.75) is 12.8 Å². The van der Waals surface area contributed by atoms with Crippen molar-refractivity contribution < 1.29 is 22.8 Å². The summed E-state index contributed by atoms with van der Waals surface area (Å²) in [7, 11) is 0. The number of halogens is 4. The number of pyridine rings is 1. The third-order valence-corrected chi connectivity index (χ3v) is 3.27. The quantitative estimate of drug-likeness (QED) is 0.622. The van der Waals surface area contributed by atoms with Crippen LogP contribution < -0.4 is 5.32 Å². The Labute approximate surface area is 146 Å². The minimum Gasteiger partial charge on any atom is -0.391 e. The van der Waals surface area contributed by atoms with Gasteiger partial charge in [-0.3, -0.25) is 9.78 Å². The van der Waals surface area contributed by atoms with E-state index in [9.17, 15) is 18.0 Å². The molecule has 0 aliphatic rings. The van der Waals surface area contributed by atoms with Gasteiger partial charge in [-0.25, -0.2) is 0 Å². The van der Waals surface area contributed by atoms with Crippen molar-refractivity contribution in [2.24, 2.45) is 5.16 Å². The highest BCUT2D eigenvalue weighted by molar-refractivity contribution is 6.30. The van der Waals surface area contributed by atoms with Gasteiger partial charge in [0, 0.05) is 17.4 Å². The van der Waals surface area contributed by atoms with Crippen molar-refractivity contribution in [3.63, 3.8) is 0 Å². The molecule has 1 aromatic heterocycles. The molecule has 0 spiro atoms. The average molecular weight is 372 g/mol. The molecule has 9 heteroatoms. The Kier molecular flexibility index (Phi) is 6.35. The van der Waals surface area contributed by atoms with E-state index >= 15 is 0 Å². The number of nitrogens with one attached hydrogen (secondary N) is 1. The molecule has 5 nitrogen and oxygen atoms in total. The third-order valence-electron chi connectivity index (χ3n) is 3.02. The van der Waals surface area contributed by atoms with E-state index < -0.39 is 23.2 Å². The number of hydrogen-bond acceptors (Lipinski definition) is 4. The van der Waals surface area contributed by atoms with E-state index in [0.717, 1.165) is 24.0 Å². The van der Waals surface area contributed by atoms with Crippen molar-refractivity contribution in [1.82, 2.24) is 10.3 Å². The van der Waals surface area contributed by atoms with Crippen LogP contribution in [0.5, 0.6) is 0 Å². The number of alkyl halides is 3. The first-order chi connectivity index (χ1) is 11.9. The monoisotopic (exact) mass is 371 g/mol. The second kappa shape index (κ2) is 8.48. The number of rotatable bonds is 6. The van der Waals surface area contributed by atoms with Gasteiger partial charge in [-0.2, -0.15) is 13.2 Å². The van der Waals surface area contributed by atoms with Crippen LogP contribution in [-0.2, 0) is 17.6 Å². The molecule has 2 rings (SSSR count). The molecule has 0 aliphatic heterocycles.